The normalized spacial score (nSPS) is 10.5. The lowest BCUT2D eigenvalue weighted by atomic mass is 10.0. The van der Waals surface area contributed by atoms with Gasteiger partial charge in [-0.3, -0.25) is 0 Å². The van der Waals surface area contributed by atoms with Crippen LogP contribution >= 0.6 is 0 Å². The molecule has 0 spiro atoms. The number of hydrogen-bond acceptors (Lipinski definition) is 2. The first kappa shape index (κ1) is 18.5. The molecule has 0 amide bonds. The maximum absolute atomic E-state index is 11.6. The molecule has 0 aliphatic rings. The molecule has 0 saturated heterocycles. The van der Waals surface area contributed by atoms with E-state index in [1.807, 2.05) is 12.1 Å². The number of benzene rings is 1. The topological polar surface area (TPSA) is 26.3 Å². The lowest BCUT2D eigenvalue weighted by Crippen LogP contribution is -2.05. The molecule has 0 N–H and O–H groups in total. The van der Waals surface area contributed by atoms with Crippen molar-refractivity contribution >= 4 is 11.5 Å². The third kappa shape index (κ3) is 6.93. The van der Waals surface area contributed by atoms with E-state index in [-0.39, 0.29) is 5.97 Å². The standard InChI is InChI=1S/C20H30O2/c1-4-6-7-8-9-10-11-12-18-13-15-19(16-14-18)17(3)20(21)22-5-2/h13-16H,3-12H2,1-2H3. The van der Waals surface area contributed by atoms with Gasteiger partial charge in [0.2, 0.25) is 0 Å². The van der Waals surface area contributed by atoms with Crippen LogP contribution in [0.3, 0.4) is 0 Å². The van der Waals surface area contributed by atoms with Gasteiger partial charge in [-0.1, -0.05) is 76.3 Å². The second-order valence-corrected chi connectivity index (χ2v) is 5.77. The van der Waals surface area contributed by atoms with E-state index in [0.29, 0.717) is 12.2 Å². The maximum atomic E-state index is 11.6. The Morgan fingerprint density at radius 2 is 1.55 bits per heavy atom. The first-order valence-corrected chi connectivity index (χ1v) is 8.64. The summed E-state index contributed by atoms with van der Waals surface area (Å²) in [5.74, 6) is -0.331. The van der Waals surface area contributed by atoms with E-state index in [0.717, 1.165) is 12.0 Å². The molecule has 0 aliphatic carbocycles. The van der Waals surface area contributed by atoms with Gasteiger partial charge in [-0.15, -0.1) is 0 Å². The summed E-state index contributed by atoms with van der Waals surface area (Å²) in [5, 5.41) is 0. The van der Waals surface area contributed by atoms with E-state index in [1.165, 1.54) is 50.5 Å². The zero-order chi connectivity index (χ0) is 16.2. The molecule has 0 radical (unpaired) electrons. The number of unbranched alkanes of at least 4 members (excludes halogenated alkanes) is 6. The molecule has 0 heterocycles. The molecule has 0 aromatic heterocycles. The Labute approximate surface area is 135 Å². The first-order valence-electron chi connectivity index (χ1n) is 8.64. The Morgan fingerprint density at radius 1 is 0.955 bits per heavy atom. The fourth-order valence-electron chi connectivity index (χ4n) is 2.49. The van der Waals surface area contributed by atoms with Crippen LogP contribution in [0.1, 0.15) is 69.9 Å². The Hall–Kier alpha value is -1.57. The molecule has 0 fully saturated rings. The zero-order valence-corrected chi connectivity index (χ0v) is 14.2. The number of hydrogen-bond donors (Lipinski definition) is 0. The average molecular weight is 302 g/mol. The SMILES string of the molecule is C=C(C(=O)OCC)c1ccc(CCCCCCCCC)cc1. The van der Waals surface area contributed by atoms with Crippen molar-refractivity contribution in [3.8, 4) is 0 Å². The van der Waals surface area contributed by atoms with Gasteiger partial charge in [-0.25, -0.2) is 4.79 Å². The molecule has 1 aromatic carbocycles. The Kier molecular flexibility index (Phi) is 9.29. The predicted octanol–water partition coefficient (Wildman–Crippen LogP) is 5.56. The van der Waals surface area contributed by atoms with Gasteiger partial charge >= 0.3 is 5.97 Å². The number of carbonyl (C=O) groups excluding carboxylic acids is 1. The second kappa shape index (κ2) is 11.1. The van der Waals surface area contributed by atoms with Crippen molar-refractivity contribution in [2.75, 3.05) is 6.61 Å². The Bertz CT molecular complexity index is 445. The van der Waals surface area contributed by atoms with E-state index >= 15 is 0 Å². The highest BCUT2D eigenvalue weighted by atomic mass is 16.5. The van der Waals surface area contributed by atoms with Gasteiger partial charge < -0.3 is 4.74 Å². The summed E-state index contributed by atoms with van der Waals surface area (Å²) in [6.45, 7) is 8.25. The quantitative estimate of drug-likeness (QED) is 0.304. The number of aryl methyl sites for hydroxylation is 1. The number of ether oxygens (including phenoxy) is 1. The monoisotopic (exact) mass is 302 g/mol. The van der Waals surface area contributed by atoms with Gasteiger partial charge in [0.1, 0.15) is 0 Å². The molecule has 0 atom stereocenters. The molecule has 0 unspecified atom stereocenters. The van der Waals surface area contributed by atoms with E-state index in [1.54, 1.807) is 6.92 Å². The predicted molar refractivity (Wildman–Crippen MR) is 93.8 cm³/mol. The van der Waals surface area contributed by atoms with Crippen LogP contribution < -0.4 is 0 Å². The van der Waals surface area contributed by atoms with Crippen LogP contribution in [0.15, 0.2) is 30.8 Å². The van der Waals surface area contributed by atoms with Crippen molar-refractivity contribution in [3.05, 3.63) is 42.0 Å². The highest BCUT2D eigenvalue weighted by Gasteiger charge is 2.09. The summed E-state index contributed by atoms with van der Waals surface area (Å²) in [5.41, 5.74) is 2.61. The molecule has 2 nitrogen and oxygen atoms in total. The van der Waals surface area contributed by atoms with Crippen LogP contribution in [-0.4, -0.2) is 12.6 Å². The molecule has 1 rings (SSSR count). The number of carbonyl (C=O) groups is 1. The molecular weight excluding hydrogens is 272 g/mol. The van der Waals surface area contributed by atoms with Crippen LogP contribution in [0.4, 0.5) is 0 Å². The van der Waals surface area contributed by atoms with Crippen LogP contribution in [-0.2, 0) is 16.0 Å². The molecule has 1 aromatic rings. The largest absolute Gasteiger partial charge is 0.462 e. The van der Waals surface area contributed by atoms with Gasteiger partial charge in [0, 0.05) is 0 Å². The molecular formula is C20H30O2. The third-order valence-corrected chi connectivity index (χ3v) is 3.89. The van der Waals surface area contributed by atoms with Crippen LogP contribution in [0.5, 0.6) is 0 Å². The summed E-state index contributed by atoms with van der Waals surface area (Å²) >= 11 is 0. The molecule has 0 bridgehead atoms. The van der Waals surface area contributed by atoms with Crippen molar-refractivity contribution in [1.29, 1.82) is 0 Å². The highest BCUT2D eigenvalue weighted by molar-refractivity contribution is 6.15. The van der Waals surface area contributed by atoms with Gasteiger partial charge in [0.05, 0.1) is 12.2 Å². The molecule has 122 valence electrons. The summed E-state index contributed by atoms with van der Waals surface area (Å²) < 4.78 is 4.97. The smallest absolute Gasteiger partial charge is 0.338 e. The summed E-state index contributed by atoms with van der Waals surface area (Å²) in [6, 6.07) is 8.12. The van der Waals surface area contributed by atoms with Gasteiger partial charge in [0.15, 0.2) is 0 Å². The lowest BCUT2D eigenvalue weighted by Gasteiger charge is -2.07. The molecule has 2 heteroatoms. The van der Waals surface area contributed by atoms with Crippen molar-refractivity contribution < 1.29 is 9.53 Å². The van der Waals surface area contributed by atoms with Crippen LogP contribution in [0.25, 0.3) is 5.57 Å². The molecule has 0 saturated carbocycles. The van der Waals surface area contributed by atoms with Crippen molar-refractivity contribution in [2.45, 2.75) is 65.2 Å². The first-order chi connectivity index (χ1) is 10.7. The van der Waals surface area contributed by atoms with Crippen molar-refractivity contribution in [1.82, 2.24) is 0 Å². The van der Waals surface area contributed by atoms with E-state index < -0.39 is 0 Å². The Morgan fingerprint density at radius 3 is 2.14 bits per heavy atom. The van der Waals surface area contributed by atoms with E-state index in [9.17, 15) is 4.79 Å². The van der Waals surface area contributed by atoms with Crippen molar-refractivity contribution in [2.24, 2.45) is 0 Å². The van der Waals surface area contributed by atoms with E-state index in [2.05, 4.69) is 25.6 Å². The highest BCUT2D eigenvalue weighted by Crippen LogP contribution is 2.17. The third-order valence-electron chi connectivity index (χ3n) is 3.89. The number of esters is 1. The lowest BCUT2D eigenvalue weighted by molar-refractivity contribution is -0.136. The summed E-state index contributed by atoms with van der Waals surface area (Å²) in [7, 11) is 0. The second-order valence-electron chi connectivity index (χ2n) is 5.77. The maximum Gasteiger partial charge on any atom is 0.338 e. The number of rotatable bonds is 11. The minimum atomic E-state index is -0.331. The summed E-state index contributed by atoms with van der Waals surface area (Å²) in [4.78, 5) is 11.6. The zero-order valence-electron chi connectivity index (χ0n) is 14.2. The van der Waals surface area contributed by atoms with E-state index in [4.69, 9.17) is 4.74 Å². The average Bonchev–Trinajstić information content (AvgIpc) is 2.54. The van der Waals surface area contributed by atoms with Crippen LogP contribution in [0.2, 0.25) is 0 Å². The Balaban J connectivity index is 2.30. The van der Waals surface area contributed by atoms with Crippen molar-refractivity contribution in [3.63, 3.8) is 0 Å². The minimum Gasteiger partial charge on any atom is -0.462 e. The van der Waals surface area contributed by atoms with Gasteiger partial charge in [0.25, 0.3) is 0 Å². The molecule has 22 heavy (non-hydrogen) atoms. The minimum absolute atomic E-state index is 0.331. The van der Waals surface area contributed by atoms with Gasteiger partial charge in [-0.2, -0.15) is 0 Å². The fraction of sp³-hybridized carbons (Fsp3) is 0.550. The fourth-order valence-corrected chi connectivity index (χ4v) is 2.49. The molecule has 0 aliphatic heterocycles. The van der Waals surface area contributed by atoms with Crippen LogP contribution in [0, 0.1) is 0 Å². The summed E-state index contributed by atoms with van der Waals surface area (Å²) in [6.07, 6.45) is 10.4. The van der Waals surface area contributed by atoms with Gasteiger partial charge in [-0.05, 0) is 30.9 Å².